The lowest BCUT2D eigenvalue weighted by Crippen LogP contribution is -2.61. The number of carbonyl (C=O) groups is 2. The van der Waals surface area contributed by atoms with E-state index in [1.54, 1.807) is 11.1 Å². The summed E-state index contributed by atoms with van der Waals surface area (Å²) in [5.74, 6) is -0.662. The smallest absolute Gasteiger partial charge is 0.251 e. The molecule has 0 radical (unpaired) electrons. The SMILES string of the molecule is CN1C[C@H](c2ccccn2)[C@@]2(SC(=S)N(Cc3ccccc3)C2=O)[C@]12C(=O)Nc1ccccc12. The molecular weight excluding hydrogens is 464 g/mol. The summed E-state index contributed by atoms with van der Waals surface area (Å²) in [7, 11) is 1.92. The number of fused-ring (bicyclic) bond motifs is 3. The monoisotopic (exact) mass is 486 g/mol. The number of aromatic nitrogens is 1. The summed E-state index contributed by atoms with van der Waals surface area (Å²) in [6.07, 6.45) is 1.74. The third-order valence-electron chi connectivity index (χ3n) is 7.21. The first-order valence-corrected chi connectivity index (χ1v) is 12.3. The van der Waals surface area contributed by atoms with Crippen molar-refractivity contribution in [2.75, 3.05) is 18.9 Å². The number of para-hydroxylation sites is 1. The number of nitrogens with zero attached hydrogens (tertiary/aromatic N) is 3. The van der Waals surface area contributed by atoms with E-state index in [4.69, 9.17) is 12.2 Å². The van der Waals surface area contributed by atoms with Gasteiger partial charge in [0, 0.05) is 35.6 Å². The first-order valence-electron chi connectivity index (χ1n) is 11.1. The van der Waals surface area contributed by atoms with E-state index < -0.39 is 10.3 Å². The van der Waals surface area contributed by atoms with Gasteiger partial charge in [-0.15, -0.1) is 0 Å². The van der Waals surface area contributed by atoms with Crippen molar-refractivity contribution in [2.24, 2.45) is 0 Å². The van der Waals surface area contributed by atoms with Gasteiger partial charge >= 0.3 is 0 Å². The van der Waals surface area contributed by atoms with E-state index in [0.717, 1.165) is 22.5 Å². The van der Waals surface area contributed by atoms with Gasteiger partial charge in [-0.2, -0.15) is 0 Å². The molecule has 6 nitrogen and oxygen atoms in total. The normalized spacial score (nSPS) is 28.2. The van der Waals surface area contributed by atoms with Crippen LogP contribution in [0.4, 0.5) is 5.69 Å². The standard InChI is InChI=1S/C26H22N4O2S2/c1-29-16-19(20-12-7-8-14-27-20)26(25(29)18-11-5-6-13-21(18)28-22(25)31)23(32)30(24(33)34-26)15-17-9-3-2-4-10-17/h2-14,19H,15-16H2,1H3,(H,28,31)/t19-,25+,26+/m1/s1. The lowest BCUT2D eigenvalue weighted by molar-refractivity contribution is -0.138. The quantitative estimate of drug-likeness (QED) is 0.569. The zero-order valence-corrected chi connectivity index (χ0v) is 20.1. The second-order valence-corrected chi connectivity index (χ2v) is 10.8. The van der Waals surface area contributed by atoms with Gasteiger partial charge in [-0.3, -0.25) is 24.4 Å². The van der Waals surface area contributed by atoms with Crippen molar-refractivity contribution < 1.29 is 9.59 Å². The molecule has 170 valence electrons. The molecule has 3 aliphatic heterocycles. The molecular formula is C26H22N4O2S2. The van der Waals surface area contributed by atoms with Crippen LogP contribution in [0.25, 0.3) is 0 Å². The second kappa shape index (κ2) is 7.73. The van der Waals surface area contributed by atoms with Gasteiger partial charge in [0.25, 0.3) is 5.91 Å². The van der Waals surface area contributed by atoms with Gasteiger partial charge in [0.2, 0.25) is 5.91 Å². The Morgan fingerprint density at radius 2 is 1.79 bits per heavy atom. The molecule has 2 aromatic carbocycles. The van der Waals surface area contributed by atoms with E-state index in [9.17, 15) is 9.59 Å². The van der Waals surface area contributed by atoms with Gasteiger partial charge in [0.05, 0.1) is 6.54 Å². The van der Waals surface area contributed by atoms with E-state index in [0.29, 0.717) is 17.4 Å². The van der Waals surface area contributed by atoms with Crippen LogP contribution >= 0.6 is 24.0 Å². The minimum absolute atomic E-state index is 0.141. The Morgan fingerprint density at radius 3 is 2.56 bits per heavy atom. The first-order chi connectivity index (χ1) is 16.5. The lowest BCUT2D eigenvalue weighted by atomic mass is 9.73. The Morgan fingerprint density at radius 1 is 1.06 bits per heavy atom. The maximum Gasteiger partial charge on any atom is 0.251 e. The van der Waals surface area contributed by atoms with Crippen molar-refractivity contribution >= 4 is 45.8 Å². The molecule has 1 N–H and O–H groups in total. The first kappa shape index (κ1) is 21.5. The van der Waals surface area contributed by atoms with E-state index in [1.165, 1.54) is 11.8 Å². The number of benzene rings is 2. The molecule has 34 heavy (non-hydrogen) atoms. The van der Waals surface area contributed by atoms with Crippen molar-refractivity contribution in [3.05, 3.63) is 95.8 Å². The fraction of sp³-hybridized carbons (Fsp3) is 0.231. The molecule has 0 unspecified atom stereocenters. The topological polar surface area (TPSA) is 65.5 Å². The zero-order valence-electron chi connectivity index (χ0n) is 18.5. The summed E-state index contributed by atoms with van der Waals surface area (Å²) in [6, 6.07) is 23.2. The highest BCUT2D eigenvalue weighted by Gasteiger charge is 2.77. The molecule has 2 fully saturated rings. The van der Waals surface area contributed by atoms with Crippen molar-refractivity contribution in [1.29, 1.82) is 0 Å². The number of likely N-dealkylation sites (N-methyl/N-ethyl adjacent to an activating group) is 1. The van der Waals surface area contributed by atoms with E-state index >= 15 is 0 Å². The van der Waals surface area contributed by atoms with Crippen LogP contribution in [0, 0.1) is 0 Å². The molecule has 4 heterocycles. The van der Waals surface area contributed by atoms with Crippen LogP contribution in [-0.2, 0) is 21.7 Å². The highest BCUT2D eigenvalue weighted by atomic mass is 32.2. The molecule has 2 amide bonds. The summed E-state index contributed by atoms with van der Waals surface area (Å²) < 4.78 is -0.694. The average Bonchev–Trinajstić information content (AvgIpc) is 3.40. The van der Waals surface area contributed by atoms with E-state index in [-0.39, 0.29) is 17.7 Å². The van der Waals surface area contributed by atoms with Crippen LogP contribution in [0.1, 0.15) is 22.7 Å². The highest BCUT2D eigenvalue weighted by Crippen LogP contribution is 2.65. The van der Waals surface area contributed by atoms with E-state index in [1.807, 2.05) is 84.7 Å². The number of likely N-dealkylation sites (tertiary alicyclic amines) is 1. The fourth-order valence-electron chi connectivity index (χ4n) is 5.82. The molecule has 0 bridgehead atoms. The summed E-state index contributed by atoms with van der Waals surface area (Å²) in [6.45, 7) is 0.866. The van der Waals surface area contributed by atoms with Crippen LogP contribution in [0.5, 0.6) is 0 Å². The summed E-state index contributed by atoms with van der Waals surface area (Å²) in [5, 5.41) is 3.06. The summed E-state index contributed by atoms with van der Waals surface area (Å²) in [4.78, 5) is 36.8. The Hall–Kier alpha value is -3.07. The fourth-order valence-corrected chi connectivity index (χ4v) is 7.94. The molecule has 3 aromatic rings. The molecule has 3 aliphatic rings. The van der Waals surface area contributed by atoms with Gasteiger partial charge in [0.1, 0.15) is 9.07 Å². The number of rotatable bonds is 3. The van der Waals surface area contributed by atoms with Crippen molar-refractivity contribution in [3.63, 3.8) is 0 Å². The molecule has 1 aromatic heterocycles. The minimum Gasteiger partial charge on any atom is -0.324 e. The van der Waals surface area contributed by atoms with Crippen LogP contribution < -0.4 is 5.32 Å². The summed E-state index contributed by atoms with van der Waals surface area (Å²) >= 11 is 7.17. The van der Waals surface area contributed by atoms with Crippen molar-refractivity contribution in [1.82, 2.24) is 14.8 Å². The number of pyridine rings is 1. The van der Waals surface area contributed by atoms with Crippen LogP contribution in [-0.4, -0.2) is 49.3 Å². The van der Waals surface area contributed by atoms with Crippen molar-refractivity contribution in [3.8, 4) is 0 Å². The Balaban J connectivity index is 1.57. The molecule has 0 saturated carbocycles. The number of amides is 2. The van der Waals surface area contributed by atoms with Crippen LogP contribution in [0.2, 0.25) is 0 Å². The molecule has 2 saturated heterocycles. The molecule has 0 aliphatic carbocycles. The number of carbonyl (C=O) groups excluding carboxylic acids is 2. The van der Waals surface area contributed by atoms with Gasteiger partial charge in [0.15, 0.2) is 5.54 Å². The predicted octanol–water partition coefficient (Wildman–Crippen LogP) is 3.76. The average molecular weight is 487 g/mol. The van der Waals surface area contributed by atoms with Gasteiger partial charge in [-0.25, -0.2) is 0 Å². The molecule has 3 atom stereocenters. The van der Waals surface area contributed by atoms with Crippen LogP contribution in [0.15, 0.2) is 79.0 Å². The predicted molar refractivity (Wildman–Crippen MR) is 136 cm³/mol. The molecule has 2 spiro atoms. The lowest BCUT2D eigenvalue weighted by Gasteiger charge is -2.41. The molecule has 6 rings (SSSR count). The molecule has 8 heteroatoms. The number of hydrogen-bond donors (Lipinski definition) is 1. The maximum atomic E-state index is 14.6. The van der Waals surface area contributed by atoms with Crippen LogP contribution in [0.3, 0.4) is 0 Å². The Kier molecular flexibility index (Phi) is 4.88. The summed E-state index contributed by atoms with van der Waals surface area (Å²) in [5.41, 5.74) is 2.12. The maximum absolute atomic E-state index is 14.6. The minimum atomic E-state index is -1.21. The third kappa shape index (κ3) is 2.67. The second-order valence-electron chi connectivity index (χ2n) is 8.88. The number of hydrogen-bond acceptors (Lipinski definition) is 6. The third-order valence-corrected chi connectivity index (χ3v) is 9.15. The van der Waals surface area contributed by atoms with E-state index in [2.05, 4.69) is 10.3 Å². The highest BCUT2D eigenvalue weighted by molar-refractivity contribution is 8.25. The number of thiocarbonyl (C=S) groups is 1. The number of anilines is 1. The van der Waals surface area contributed by atoms with Gasteiger partial charge in [-0.1, -0.05) is 78.6 Å². The Labute approximate surface area is 207 Å². The Bertz CT molecular complexity index is 1320. The largest absolute Gasteiger partial charge is 0.324 e. The zero-order chi connectivity index (χ0) is 23.5. The number of nitrogens with one attached hydrogen (secondary N) is 1. The van der Waals surface area contributed by atoms with Gasteiger partial charge < -0.3 is 5.32 Å². The van der Waals surface area contributed by atoms with Crippen molar-refractivity contribution in [2.45, 2.75) is 22.7 Å². The van der Waals surface area contributed by atoms with Gasteiger partial charge in [-0.05, 0) is 30.8 Å². The number of thioether (sulfide) groups is 1.